The standard InChI is InChI=1S/C15H16N4O2S/c1-9-10(19-6-3-2-4-11(19)18-9)8-22-7-5-17-13-12(16)14(20)15(13)21/h2-4,6,17H,5,7-8,16H2,1H3. The smallest absolute Gasteiger partial charge is 0.253 e. The normalized spacial score (nSPS) is 11.3. The number of rotatable bonds is 6. The van der Waals surface area contributed by atoms with E-state index in [4.69, 9.17) is 5.73 Å². The van der Waals surface area contributed by atoms with Crippen LogP contribution < -0.4 is 21.9 Å². The fraction of sp³-hybridized carbons (Fsp3) is 0.267. The lowest BCUT2D eigenvalue weighted by molar-refractivity contribution is 1.07. The van der Waals surface area contributed by atoms with Gasteiger partial charge in [-0.25, -0.2) is 4.98 Å². The van der Waals surface area contributed by atoms with Crippen molar-refractivity contribution in [1.29, 1.82) is 0 Å². The molecule has 0 aliphatic carbocycles. The number of nitrogen functional groups attached to an aromatic ring is 1. The monoisotopic (exact) mass is 316 g/mol. The number of aryl methyl sites for hydroxylation is 1. The van der Waals surface area contributed by atoms with E-state index in [1.54, 1.807) is 11.8 Å². The first-order valence-electron chi connectivity index (χ1n) is 6.92. The highest BCUT2D eigenvalue weighted by atomic mass is 32.2. The van der Waals surface area contributed by atoms with Gasteiger partial charge in [0.25, 0.3) is 10.9 Å². The quantitative estimate of drug-likeness (QED) is 0.524. The lowest BCUT2D eigenvalue weighted by Gasteiger charge is -2.09. The Hall–Kier alpha value is -2.28. The van der Waals surface area contributed by atoms with E-state index in [1.165, 1.54) is 5.69 Å². The van der Waals surface area contributed by atoms with Crippen LogP contribution in [0.2, 0.25) is 0 Å². The van der Waals surface area contributed by atoms with Gasteiger partial charge in [0, 0.05) is 24.2 Å². The van der Waals surface area contributed by atoms with E-state index in [1.807, 2.05) is 31.3 Å². The van der Waals surface area contributed by atoms with Crippen molar-refractivity contribution in [3.63, 3.8) is 0 Å². The van der Waals surface area contributed by atoms with E-state index in [-0.39, 0.29) is 11.4 Å². The number of thioether (sulfide) groups is 1. The minimum atomic E-state index is -0.587. The summed E-state index contributed by atoms with van der Waals surface area (Å²) in [4.78, 5) is 26.8. The maximum Gasteiger partial charge on any atom is 0.253 e. The van der Waals surface area contributed by atoms with Crippen LogP contribution in [-0.2, 0) is 5.75 Å². The van der Waals surface area contributed by atoms with Crippen molar-refractivity contribution in [1.82, 2.24) is 9.38 Å². The van der Waals surface area contributed by atoms with Crippen molar-refractivity contribution >= 4 is 28.8 Å². The summed E-state index contributed by atoms with van der Waals surface area (Å²) in [5.74, 6) is 1.64. The van der Waals surface area contributed by atoms with Crippen LogP contribution in [0, 0.1) is 6.92 Å². The Bertz CT molecular complexity index is 893. The molecule has 22 heavy (non-hydrogen) atoms. The summed E-state index contributed by atoms with van der Waals surface area (Å²) in [5.41, 5.74) is 7.82. The van der Waals surface area contributed by atoms with Crippen LogP contribution in [0.5, 0.6) is 0 Å². The number of aromatic nitrogens is 2. The van der Waals surface area contributed by atoms with Gasteiger partial charge < -0.3 is 15.5 Å². The molecule has 0 saturated heterocycles. The molecule has 7 heteroatoms. The summed E-state index contributed by atoms with van der Waals surface area (Å²) in [6.07, 6.45) is 2.01. The van der Waals surface area contributed by atoms with Crippen LogP contribution in [0.3, 0.4) is 0 Å². The molecule has 2 heterocycles. The van der Waals surface area contributed by atoms with Gasteiger partial charge in [0.1, 0.15) is 17.0 Å². The van der Waals surface area contributed by atoms with Crippen molar-refractivity contribution in [2.24, 2.45) is 0 Å². The predicted octanol–water partition coefficient (Wildman–Crippen LogP) is 1.17. The van der Waals surface area contributed by atoms with Crippen molar-refractivity contribution in [3.05, 3.63) is 56.2 Å². The Morgan fingerprint density at radius 3 is 2.91 bits per heavy atom. The molecular weight excluding hydrogens is 300 g/mol. The first kappa shape index (κ1) is 14.6. The third kappa shape index (κ3) is 2.48. The average molecular weight is 316 g/mol. The third-order valence-electron chi connectivity index (χ3n) is 3.56. The molecule has 3 rings (SSSR count). The van der Waals surface area contributed by atoms with Gasteiger partial charge in [-0.2, -0.15) is 11.8 Å². The summed E-state index contributed by atoms with van der Waals surface area (Å²) in [5, 5.41) is 2.92. The zero-order chi connectivity index (χ0) is 15.7. The second-order valence-corrected chi connectivity index (χ2v) is 6.10. The number of nitrogens with zero attached hydrogens (tertiary/aromatic N) is 2. The SMILES string of the molecule is Cc1nc2ccccn2c1CSCCNc1c(N)c(=O)c1=O. The molecule has 3 N–H and O–H groups in total. The van der Waals surface area contributed by atoms with Gasteiger partial charge in [0.15, 0.2) is 0 Å². The number of pyridine rings is 1. The van der Waals surface area contributed by atoms with Crippen molar-refractivity contribution in [3.8, 4) is 0 Å². The van der Waals surface area contributed by atoms with Crippen molar-refractivity contribution in [2.45, 2.75) is 12.7 Å². The Morgan fingerprint density at radius 1 is 1.32 bits per heavy atom. The van der Waals surface area contributed by atoms with E-state index in [2.05, 4.69) is 14.7 Å². The lowest BCUT2D eigenvalue weighted by Crippen LogP contribution is -2.37. The molecule has 3 aromatic rings. The summed E-state index contributed by atoms with van der Waals surface area (Å²) < 4.78 is 2.09. The summed E-state index contributed by atoms with van der Waals surface area (Å²) in [6, 6.07) is 5.94. The number of fused-ring (bicyclic) bond motifs is 1. The molecule has 0 aliphatic heterocycles. The van der Waals surface area contributed by atoms with Gasteiger partial charge in [0.2, 0.25) is 0 Å². The molecule has 0 atom stereocenters. The molecule has 0 radical (unpaired) electrons. The Labute approximate surface area is 131 Å². The van der Waals surface area contributed by atoms with E-state index in [9.17, 15) is 9.59 Å². The van der Waals surface area contributed by atoms with Gasteiger partial charge in [-0.05, 0) is 19.1 Å². The molecule has 0 aliphatic rings. The second-order valence-electron chi connectivity index (χ2n) is 5.00. The average Bonchev–Trinajstić information content (AvgIpc) is 2.85. The number of anilines is 2. The predicted molar refractivity (Wildman–Crippen MR) is 90.3 cm³/mol. The summed E-state index contributed by atoms with van der Waals surface area (Å²) in [6.45, 7) is 2.60. The molecule has 0 bridgehead atoms. The van der Waals surface area contributed by atoms with E-state index >= 15 is 0 Å². The molecule has 1 aromatic carbocycles. The van der Waals surface area contributed by atoms with E-state index in [0.29, 0.717) is 6.54 Å². The molecule has 6 nitrogen and oxygen atoms in total. The Balaban J connectivity index is 1.54. The number of hydrogen-bond donors (Lipinski definition) is 2. The van der Waals surface area contributed by atoms with Crippen molar-refractivity contribution in [2.75, 3.05) is 23.3 Å². The fourth-order valence-corrected chi connectivity index (χ4v) is 3.27. The Morgan fingerprint density at radius 2 is 2.14 bits per heavy atom. The molecule has 2 aromatic heterocycles. The van der Waals surface area contributed by atoms with Gasteiger partial charge in [-0.1, -0.05) is 6.07 Å². The molecule has 0 saturated carbocycles. The fourth-order valence-electron chi connectivity index (χ4n) is 2.34. The van der Waals surface area contributed by atoms with Crippen LogP contribution in [0.25, 0.3) is 5.65 Å². The molecular formula is C15H16N4O2S. The molecule has 114 valence electrons. The van der Waals surface area contributed by atoms with Crippen LogP contribution >= 0.6 is 11.8 Å². The highest BCUT2D eigenvalue weighted by Gasteiger charge is 2.16. The Kier molecular flexibility index (Phi) is 3.89. The summed E-state index contributed by atoms with van der Waals surface area (Å²) >= 11 is 1.74. The van der Waals surface area contributed by atoms with Gasteiger partial charge in [0.05, 0.1) is 11.4 Å². The minimum Gasteiger partial charge on any atom is -0.394 e. The first-order valence-corrected chi connectivity index (χ1v) is 8.08. The lowest BCUT2D eigenvalue weighted by atomic mass is 10.2. The van der Waals surface area contributed by atoms with E-state index in [0.717, 1.165) is 22.8 Å². The van der Waals surface area contributed by atoms with Crippen LogP contribution in [-0.4, -0.2) is 21.7 Å². The van der Waals surface area contributed by atoms with E-state index < -0.39 is 10.9 Å². The highest BCUT2D eigenvalue weighted by molar-refractivity contribution is 7.98. The van der Waals surface area contributed by atoms with Crippen molar-refractivity contribution < 1.29 is 0 Å². The minimum absolute atomic E-state index is 0.0487. The topological polar surface area (TPSA) is 89.5 Å². The number of nitrogens with two attached hydrogens (primary N) is 1. The zero-order valence-corrected chi connectivity index (χ0v) is 12.9. The third-order valence-corrected chi connectivity index (χ3v) is 4.53. The highest BCUT2D eigenvalue weighted by Crippen LogP contribution is 2.18. The molecule has 0 unspecified atom stereocenters. The largest absolute Gasteiger partial charge is 0.394 e. The van der Waals surface area contributed by atoms with Crippen LogP contribution in [0.15, 0.2) is 34.0 Å². The van der Waals surface area contributed by atoms with Crippen LogP contribution in [0.1, 0.15) is 11.4 Å². The zero-order valence-electron chi connectivity index (χ0n) is 12.1. The molecule has 0 amide bonds. The van der Waals surface area contributed by atoms with Crippen LogP contribution in [0.4, 0.5) is 11.4 Å². The molecule has 0 spiro atoms. The van der Waals surface area contributed by atoms with Gasteiger partial charge >= 0.3 is 0 Å². The second kappa shape index (κ2) is 5.84. The number of hydrogen-bond acceptors (Lipinski definition) is 6. The molecule has 0 fully saturated rings. The summed E-state index contributed by atoms with van der Waals surface area (Å²) in [7, 11) is 0. The van der Waals surface area contributed by atoms with Gasteiger partial charge in [-0.3, -0.25) is 9.59 Å². The maximum atomic E-state index is 11.2. The number of imidazole rings is 1. The maximum absolute atomic E-state index is 11.2. The number of nitrogens with one attached hydrogen (secondary N) is 1. The first-order chi connectivity index (χ1) is 10.6. The van der Waals surface area contributed by atoms with Gasteiger partial charge in [-0.15, -0.1) is 0 Å².